The van der Waals surface area contributed by atoms with Crippen molar-refractivity contribution < 1.29 is 14.7 Å². The van der Waals surface area contributed by atoms with Crippen LogP contribution in [0.2, 0.25) is 0 Å². The van der Waals surface area contributed by atoms with Gasteiger partial charge in [0.15, 0.2) is 0 Å². The molecule has 1 aliphatic heterocycles. The molecule has 1 aliphatic rings. The fraction of sp³-hybridized carbons (Fsp3) is 0.700. The first-order valence-electron chi connectivity index (χ1n) is 6.01. The average molecular weight is 285 g/mol. The van der Waals surface area contributed by atoms with Gasteiger partial charge in [-0.05, 0) is 30.2 Å². The van der Waals surface area contributed by atoms with Crippen LogP contribution in [-0.2, 0) is 9.59 Å². The Labute approximate surface area is 114 Å². The predicted octanol–water partition coefficient (Wildman–Crippen LogP) is 0.0332. The summed E-state index contributed by atoms with van der Waals surface area (Å²) in [5, 5.41) is 20.0. The summed E-state index contributed by atoms with van der Waals surface area (Å²) in [6, 6.07) is -0.510. The van der Waals surface area contributed by atoms with Crippen LogP contribution in [0.1, 0.15) is 25.8 Å². The van der Waals surface area contributed by atoms with Crippen LogP contribution in [0.25, 0.3) is 0 Å². The Morgan fingerprint density at radius 3 is 2.74 bits per heavy atom. The molecule has 2 rings (SSSR count). The Morgan fingerprint density at radius 2 is 2.11 bits per heavy atom. The molecule has 2 heterocycles. The Morgan fingerprint density at radius 1 is 1.42 bits per heavy atom. The highest BCUT2D eigenvalue weighted by molar-refractivity contribution is 7.99. The SMILES string of the molecule is CC(C(=O)N1CCCC1)n1nnnc1SCC(=O)O. The highest BCUT2D eigenvalue weighted by atomic mass is 32.2. The van der Waals surface area contributed by atoms with Gasteiger partial charge in [-0.1, -0.05) is 11.8 Å². The summed E-state index contributed by atoms with van der Waals surface area (Å²) >= 11 is 1.01. The van der Waals surface area contributed by atoms with Gasteiger partial charge in [-0.15, -0.1) is 5.10 Å². The molecule has 1 atom stereocenters. The number of hydrogen-bond donors (Lipinski definition) is 1. The first-order valence-corrected chi connectivity index (χ1v) is 6.99. The van der Waals surface area contributed by atoms with Crippen LogP contribution in [0.3, 0.4) is 0 Å². The van der Waals surface area contributed by atoms with Crippen molar-refractivity contribution in [3.63, 3.8) is 0 Å². The van der Waals surface area contributed by atoms with Crippen molar-refractivity contribution in [1.82, 2.24) is 25.1 Å². The molecule has 0 bridgehead atoms. The van der Waals surface area contributed by atoms with Crippen molar-refractivity contribution in [2.24, 2.45) is 0 Å². The quantitative estimate of drug-likeness (QED) is 0.762. The number of tetrazole rings is 1. The van der Waals surface area contributed by atoms with E-state index in [1.807, 2.05) is 0 Å². The van der Waals surface area contributed by atoms with Crippen LogP contribution in [0.4, 0.5) is 0 Å². The first-order chi connectivity index (χ1) is 9.09. The van der Waals surface area contributed by atoms with Crippen molar-refractivity contribution in [2.75, 3.05) is 18.8 Å². The summed E-state index contributed by atoms with van der Waals surface area (Å²) in [4.78, 5) is 24.6. The minimum atomic E-state index is -0.946. The van der Waals surface area contributed by atoms with Gasteiger partial charge in [0.25, 0.3) is 0 Å². The number of carboxylic acids is 1. The number of carbonyl (C=O) groups is 2. The zero-order valence-electron chi connectivity index (χ0n) is 10.5. The van der Waals surface area contributed by atoms with Gasteiger partial charge in [0.2, 0.25) is 11.1 Å². The van der Waals surface area contributed by atoms with Gasteiger partial charge < -0.3 is 10.0 Å². The molecule has 0 spiro atoms. The van der Waals surface area contributed by atoms with Crippen LogP contribution < -0.4 is 0 Å². The van der Waals surface area contributed by atoms with Crippen molar-refractivity contribution >= 4 is 23.6 Å². The summed E-state index contributed by atoms with van der Waals surface area (Å²) in [5.41, 5.74) is 0. The van der Waals surface area contributed by atoms with E-state index in [0.29, 0.717) is 5.16 Å². The maximum absolute atomic E-state index is 12.2. The molecule has 1 aromatic rings. The van der Waals surface area contributed by atoms with Crippen molar-refractivity contribution in [3.8, 4) is 0 Å². The maximum atomic E-state index is 12.2. The number of aromatic nitrogens is 4. The van der Waals surface area contributed by atoms with Crippen LogP contribution >= 0.6 is 11.8 Å². The highest BCUT2D eigenvalue weighted by Crippen LogP contribution is 2.20. The van der Waals surface area contributed by atoms with Gasteiger partial charge in [0, 0.05) is 13.1 Å². The van der Waals surface area contributed by atoms with E-state index in [2.05, 4.69) is 15.5 Å². The fourth-order valence-electron chi connectivity index (χ4n) is 1.96. The predicted molar refractivity (Wildman–Crippen MR) is 66.7 cm³/mol. The van der Waals surface area contributed by atoms with Crippen molar-refractivity contribution in [1.29, 1.82) is 0 Å². The molecule has 8 nitrogen and oxygen atoms in total. The van der Waals surface area contributed by atoms with E-state index in [9.17, 15) is 9.59 Å². The van der Waals surface area contributed by atoms with Gasteiger partial charge in [-0.3, -0.25) is 9.59 Å². The number of rotatable bonds is 5. The van der Waals surface area contributed by atoms with Crippen LogP contribution in [0.5, 0.6) is 0 Å². The normalized spacial score (nSPS) is 16.6. The number of carbonyl (C=O) groups excluding carboxylic acids is 1. The number of amides is 1. The molecule has 0 saturated carbocycles. The number of aliphatic carboxylic acids is 1. The Bertz CT molecular complexity index is 471. The third-order valence-electron chi connectivity index (χ3n) is 2.93. The molecule has 104 valence electrons. The average Bonchev–Trinajstić information content (AvgIpc) is 3.05. The van der Waals surface area contributed by atoms with Gasteiger partial charge >= 0.3 is 5.97 Å². The summed E-state index contributed by atoms with van der Waals surface area (Å²) in [5.74, 6) is -1.11. The van der Waals surface area contributed by atoms with Crippen LogP contribution in [0.15, 0.2) is 5.16 Å². The van der Waals surface area contributed by atoms with E-state index in [-0.39, 0.29) is 11.7 Å². The maximum Gasteiger partial charge on any atom is 0.313 e. The number of likely N-dealkylation sites (tertiary alicyclic amines) is 1. The second-order valence-electron chi connectivity index (χ2n) is 4.30. The number of carboxylic acid groups (broad SMARTS) is 1. The standard InChI is InChI=1S/C10H15N5O3S/c1-7(9(18)14-4-2-3-5-14)15-10(11-12-13-15)19-6-8(16)17/h7H,2-6H2,1H3,(H,16,17). The molecule has 1 aromatic heterocycles. The summed E-state index contributed by atoms with van der Waals surface area (Å²) in [6.45, 7) is 3.26. The van der Waals surface area contributed by atoms with Crippen LogP contribution in [-0.4, -0.2) is 60.9 Å². The molecule has 1 saturated heterocycles. The summed E-state index contributed by atoms with van der Waals surface area (Å²) < 4.78 is 1.38. The minimum Gasteiger partial charge on any atom is -0.481 e. The lowest BCUT2D eigenvalue weighted by Gasteiger charge is -2.20. The third kappa shape index (κ3) is 3.22. The van der Waals surface area contributed by atoms with Crippen LogP contribution in [0, 0.1) is 0 Å². The van der Waals surface area contributed by atoms with E-state index in [0.717, 1.165) is 37.7 Å². The largest absolute Gasteiger partial charge is 0.481 e. The molecule has 1 fully saturated rings. The first kappa shape index (κ1) is 13.8. The molecule has 0 radical (unpaired) electrons. The van der Waals surface area contributed by atoms with Gasteiger partial charge in [-0.25, -0.2) is 4.68 Å². The second kappa shape index (κ2) is 6.00. The monoisotopic (exact) mass is 285 g/mol. The molecular formula is C10H15N5O3S. The van der Waals surface area contributed by atoms with Crippen molar-refractivity contribution in [3.05, 3.63) is 0 Å². The minimum absolute atomic E-state index is 0.0259. The van der Waals surface area contributed by atoms with Gasteiger partial charge in [0.1, 0.15) is 6.04 Å². The molecule has 1 unspecified atom stereocenters. The molecule has 9 heteroatoms. The number of hydrogen-bond acceptors (Lipinski definition) is 6. The lowest BCUT2D eigenvalue weighted by Crippen LogP contribution is -2.34. The third-order valence-corrected chi connectivity index (χ3v) is 3.85. The van der Waals surface area contributed by atoms with E-state index >= 15 is 0 Å². The zero-order chi connectivity index (χ0) is 13.8. The fourth-order valence-corrected chi connectivity index (χ4v) is 2.63. The van der Waals surface area contributed by atoms with Gasteiger partial charge in [0.05, 0.1) is 5.75 Å². The van der Waals surface area contributed by atoms with Gasteiger partial charge in [-0.2, -0.15) is 0 Å². The second-order valence-corrected chi connectivity index (χ2v) is 5.24. The number of nitrogens with zero attached hydrogens (tertiary/aromatic N) is 5. The molecule has 1 amide bonds. The van der Waals surface area contributed by atoms with E-state index in [4.69, 9.17) is 5.11 Å². The topological polar surface area (TPSA) is 101 Å². The molecule has 0 aliphatic carbocycles. The Balaban J connectivity index is 2.05. The van der Waals surface area contributed by atoms with E-state index < -0.39 is 12.0 Å². The zero-order valence-corrected chi connectivity index (χ0v) is 11.3. The van der Waals surface area contributed by atoms with E-state index in [1.165, 1.54) is 4.68 Å². The lowest BCUT2D eigenvalue weighted by molar-refractivity contribution is -0.134. The summed E-state index contributed by atoms with van der Waals surface area (Å²) in [7, 11) is 0. The molecule has 0 aromatic carbocycles. The Hall–Kier alpha value is -1.64. The Kier molecular flexibility index (Phi) is 4.35. The molecule has 19 heavy (non-hydrogen) atoms. The van der Waals surface area contributed by atoms with E-state index in [1.54, 1.807) is 11.8 Å². The van der Waals surface area contributed by atoms with Crippen molar-refractivity contribution in [2.45, 2.75) is 31.0 Å². The molecular weight excluding hydrogens is 270 g/mol. The smallest absolute Gasteiger partial charge is 0.313 e. The number of thioether (sulfide) groups is 1. The highest BCUT2D eigenvalue weighted by Gasteiger charge is 2.27. The summed E-state index contributed by atoms with van der Waals surface area (Å²) in [6.07, 6.45) is 2.05. The molecule has 1 N–H and O–H groups in total. The lowest BCUT2D eigenvalue weighted by atomic mass is 10.3.